The number of halogens is 1. The maximum Gasteiger partial charge on any atom is 0.251 e. The average Bonchev–Trinajstić information content (AvgIpc) is 2.35. The zero-order valence-electron chi connectivity index (χ0n) is 10.4. The molecule has 18 heavy (non-hydrogen) atoms. The number of nitrogens with one attached hydrogen (secondary N) is 1. The minimum absolute atomic E-state index is 0.0760. The lowest BCUT2D eigenvalue weighted by atomic mass is 10.0. The smallest absolute Gasteiger partial charge is 0.251 e. The number of anilines is 1. The third kappa shape index (κ3) is 3.15. The predicted molar refractivity (Wildman–Crippen MR) is 73.8 cm³/mol. The van der Waals surface area contributed by atoms with Crippen LogP contribution in [-0.4, -0.2) is 37.0 Å². The Morgan fingerprint density at radius 1 is 1.44 bits per heavy atom. The Hall–Kier alpha value is -1.26. The molecule has 0 radical (unpaired) electrons. The van der Waals surface area contributed by atoms with Gasteiger partial charge in [-0.2, -0.15) is 0 Å². The number of rotatable bonds is 2. The van der Waals surface area contributed by atoms with E-state index in [-0.39, 0.29) is 11.9 Å². The van der Waals surface area contributed by atoms with E-state index in [0.717, 1.165) is 25.9 Å². The second-order valence-corrected chi connectivity index (χ2v) is 5.19. The van der Waals surface area contributed by atoms with E-state index >= 15 is 0 Å². The molecule has 98 valence electrons. The zero-order chi connectivity index (χ0) is 13.1. The molecule has 0 atom stereocenters. The van der Waals surface area contributed by atoms with Crippen LogP contribution in [0.3, 0.4) is 0 Å². The molecule has 0 aliphatic carbocycles. The number of piperidine rings is 1. The van der Waals surface area contributed by atoms with Gasteiger partial charge in [0.1, 0.15) is 0 Å². The summed E-state index contributed by atoms with van der Waals surface area (Å²) in [6, 6.07) is 5.22. The van der Waals surface area contributed by atoms with Gasteiger partial charge < -0.3 is 16.0 Å². The van der Waals surface area contributed by atoms with Crippen molar-refractivity contribution >= 4 is 23.2 Å². The van der Waals surface area contributed by atoms with E-state index in [2.05, 4.69) is 17.3 Å². The van der Waals surface area contributed by atoms with Gasteiger partial charge in [0.05, 0.1) is 10.7 Å². The number of nitrogens with zero attached hydrogens (tertiary/aromatic N) is 1. The van der Waals surface area contributed by atoms with E-state index in [9.17, 15) is 4.79 Å². The van der Waals surface area contributed by atoms with E-state index in [1.54, 1.807) is 18.2 Å². The summed E-state index contributed by atoms with van der Waals surface area (Å²) in [6.45, 7) is 2.04. The summed E-state index contributed by atoms with van der Waals surface area (Å²) in [5.41, 5.74) is 6.69. The predicted octanol–water partition coefficient (Wildman–Crippen LogP) is 1.75. The number of hydrogen-bond acceptors (Lipinski definition) is 3. The summed E-state index contributed by atoms with van der Waals surface area (Å²) >= 11 is 5.83. The molecule has 0 unspecified atom stereocenters. The molecular weight excluding hydrogens is 250 g/mol. The maximum absolute atomic E-state index is 12.0. The number of carbonyl (C=O) groups is 1. The van der Waals surface area contributed by atoms with Gasteiger partial charge in [-0.25, -0.2) is 0 Å². The standard InChI is InChI=1S/C13H18ClN3O/c1-17-6-4-10(5-7-17)16-13(18)9-2-3-11(14)12(15)8-9/h2-3,8,10H,4-7,15H2,1H3,(H,16,18). The summed E-state index contributed by atoms with van der Waals surface area (Å²) in [4.78, 5) is 14.3. The van der Waals surface area contributed by atoms with Gasteiger partial charge in [-0.05, 0) is 51.2 Å². The van der Waals surface area contributed by atoms with Crippen molar-refractivity contribution in [2.75, 3.05) is 25.9 Å². The van der Waals surface area contributed by atoms with Crippen LogP contribution in [0.1, 0.15) is 23.2 Å². The summed E-state index contributed by atoms with van der Waals surface area (Å²) in [7, 11) is 2.10. The van der Waals surface area contributed by atoms with E-state index in [4.69, 9.17) is 17.3 Å². The normalized spacial score (nSPS) is 17.7. The molecule has 2 rings (SSSR count). The maximum atomic E-state index is 12.0. The monoisotopic (exact) mass is 267 g/mol. The van der Waals surface area contributed by atoms with Crippen LogP contribution in [0.15, 0.2) is 18.2 Å². The average molecular weight is 268 g/mol. The van der Waals surface area contributed by atoms with Gasteiger partial charge in [0, 0.05) is 11.6 Å². The largest absolute Gasteiger partial charge is 0.398 e. The molecule has 1 aromatic carbocycles. The fraction of sp³-hybridized carbons (Fsp3) is 0.462. The molecule has 1 saturated heterocycles. The molecule has 1 aliphatic rings. The summed E-state index contributed by atoms with van der Waals surface area (Å²) in [5, 5.41) is 3.52. The van der Waals surface area contributed by atoms with Crippen LogP contribution in [0.4, 0.5) is 5.69 Å². The second kappa shape index (κ2) is 5.59. The van der Waals surface area contributed by atoms with Crippen molar-refractivity contribution in [1.82, 2.24) is 10.2 Å². The summed E-state index contributed by atoms with van der Waals surface area (Å²) < 4.78 is 0. The molecule has 1 fully saturated rings. The Kier molecular flexibility index (Phi) is 4.09. The summed E-state index contributed by atoms with van der Waals surface area (Å²) in [6.07, 6.45) is 1.98. The molecule has 0 saturated carbocycles. The van der Waals surface area contributed by atoms with Crippen LogP contribution in [0.25, 0.3) is 0 Å². The number of amides is 1. The molecule has 0 aromatic heterocycles. The SMILES string of the molecule is CN1CCC(NC(=O)c2ccc(Cl)c(N)c2)CC1. The van der Waals surface area contributed by atoms with Crippen LogP contribution in [0.5, 0.6) is 0 Å². The number of nitrogens with two attached hydrogens (primary N) is 1. The highest BCUT2D eigenvalue weighted by Gasteiger charge is 2.19. The zero-order valence-corrected chi connectivity index (χ0v) is 11.2. The van der Waals surface area contributed by atoms with Crippen molar-refractivity contribution in [1.29, 1.82) is 0 Å². The van der Waals surface area contributed by atoms with Gasteiger partial charge in [-0.3, -0.25) is 4.79 Å². The first-order valence-corrected chi connectivity index (χ1v) is 6.48. The van der Waals surface area contributed by atoms with Crippen molar-refractivity contribution in [3.05, 3.63) is 28.8 Å². The second-order valence-electron chi connectivity index (χ2n) is 4.79. The number of nitrogen functional groups attached to an aromatic ring is 1. The van der Waals surface area contributed by atoms with Crippen LogP contribution in [0, 0.1) is 0 Å². The number of carbonyl (C=O) groups excluding carboxylic acids is 1. The van der Waals surface area contributed by atoms with Crippen molar-refractivity contribution in [2.45, 2.75) is 18.9 Å². The highest BCUT2D eigenvalue weighted by atomic mass is 35.5. The molecule has 1 heterocycles. The van der Waals surface area contributed by atoms with Crippen molar-refractivity contribution in [2.24, 2.45) is 0 Å². The third-order valence-electron chi connectivity index (χ3n) is 3.31. The van der Waals surface area contributed by atoms with Crippen LogP contribution < -0.4 is 11.1 Å². The number of likely N-dealkylation sites (tertiary alicyclic amines) is 1. The highest BCUT2D eigenvalue weighted by molar-refractivity contribution is 6.33. The lowest BCUT2D eigenvalue weighted by Crippen LogP contribution is -2.43. The Morgan fingerprint density at radius 3 is 2.72 bits per heavy atom. The van der Waals surface area contributed by atoms with Gasteiger partial charge >= 0.3 is 0 Å². The van der Waals surface area contributed by atoms with Gasteiger partial charge in [-0.1, -0.05) is 11.6 Å². The molecule has 1 aliphatic heterocycles. The summed E-state index contributed by atoms with van der Waals surface area (Å²) in [5.74, 6) is -0.0760. The first kappa shape index (κ1) is 13.2. The van der Waals surface area contributed by atoms with Gasteiger partial charge in [0.15, 0.2) is 0 Å². The van der Waals surface area contributed by atoms with Crippen LogP contribution >= 0.6 is 11.6 Å². The van der Waals surface area contributed by atoms with Crippen LogP contribution in [0.2, 0.25) is 5.02 Å². The minimum Gasteiger partial charge on any atom is -0.398 e. The van der Waals surface area contributed by atoms with E-state index in [1.807, 2.05) is 0 Å². The number of benzene rings is 1. The first-order valence-electron chi connectivity index (χ1n) is 6.10. The van der Waals surface area contributed by atoms with E-state index < -0.39 is 0 Å². The quantitative estimate of drug-likeness (QED) is 0.803. The van der Waals surface area contributed by atoms with Crippen LogP contribution in [-0.2, 0) is 0 Å². The third-order valence-corrected chi connectivity index (χ3v) is 3.66. The molecule has 1 aromatic rings. The van der Waals surface area contributed by atoms with Gasteiger partial charge in [-0.15, -0.1) is 0 Å². The number of hydrogen-bond donors (Lipinski definition) is 2. The molecule has 0 spiro atoms. The first-order chi connectivity index (χ1) is 8.56. The fourth-order valence-electron chi connectivity index (χ4n) is 2.11. The highest BCUT2D eigenvalue weighted by Crippen LogP contribution is 2.19. The molecule has 0 bridgehead atoms. The van der Waals surface area contributed by atoms with E-state index in [1.165, 1.54) is 0 Å². The van der Waals surface area contributed by atoms with Gasteiger partial charge in [0.25, 0.3) is 5.91 Å². The van der Waals surface area contributed by atoms with E-state index in [0.29, 0.717) is 16.3 Å². The van der Waals surface area contributed by atoms with Gasteiger partial charge in [0.2, 0.25) is 0 Å². The molecule has 4 nitrogen and oxygen atoms in total. The van der Waals surface area contributed by atoms with Crippen molar-refractivity contribution < 1.29 is 4.79 Å². The lowest BCUT2D eigenvalue weighted by Gasteiger charge is -2.29. The molecule has 1 amide bonds. The molecule has 3 N–H and O–H groups in total. The lowest BCUT2D eigenvalue weighted by molar-refractivity contribution is 0.0917. The Bertz CT molecular complexity index is 442. The van der Waals surface area contributed by atoms with Crippen molar-refractivity contribution in [3.63, 3.8) is 0 Å². The Labute approximate surface area is 112 Å². The topological polar surface area (TPSA) is 58.4 Å². The minimum atomic E-state index is -0.0760. The Morgan fingerprint density at radius 2 is 2.11 bits per heavy atom. The molecular formula is C13H18ClN3O. The van der Waals surface area contributed by atoms with Crippen molar-refractivity contribution in [3.8, 4) is 0 Å². The molecule has 5 heteroatoms. The fourth-order valence-corrected chi connectivity index (χ4v) is 2.22. The Balaban J connectivity index is 1.97.